The quantitative estimate of drug-likeness (QED) is 0.226. The molecule has 3 amide bonds. The van der Waals surface area contributed by atoms with E-state index in [1.807, 2.05) is 36.4 Å². The Morgan fingerprint density at radius 1 is 1.06 bits per heavy atom. The van der Waals surface area contributed by atoms with Gasteiger partial charge >= 0.3 is 5.97 Å². The number of nitrogens with one attached hydrogen (secondary N) is 1. The Bertz CT molecular complexity index is 1440. The average Bonchev–Trinajstić information content (AvgIpc) is 3.44. The molecule has 0 aromatic heterocycles. The van der Waals surface area contributed by atoms with E-state index in [0.717, 1.165) is 23.1 Å². The van der Waals surface area contributed by atoms with E-state index in [1.165, 1.54) is 0 Å². The van der Waals surface area contributed by atoms with Gasteiger partial charge in [0.05, 0.1) is 31.0 Å². The number of aryl methyl sites for hydroxylation is 1. The fourth-order valence-corrected chi connectivity index (χ4v) is 7.06. The van der Waals surface area contributed by atoms with E-state index in [9.17, 15) is 24.3 Å². The number of hydrogen-bond donors (Lipinski definition) is 3. The van der Waals surface area contributed by atoms with Crippen LogP contribution in [0.2, 0.25) is 23.2 Å². The van der Waals surface area contributed by atoms with Crippen LogP contribution < -0.4 is 11.1 Å². The summed E-state index contributed by atoms with van der Waals surface area (Å²) in [6, 6.07) is 12.8. The molecule has 0 bridgehead atoms. The van der Waals surface area contributed by atoms with Crippen LogP contribution in [0.4, 0.5) is 0 Å². The van der Waals surface area contributed by atoms with Crippen molar-refractivity contribution in [3.8, 4) is 0 Å². The molecule has 5 atom stereocenters. The molecule has 1 aliphatic rings. The number of carboxylic acids is 1. The number of nitrogens with two attached hydrogens (primary N) is 1. The second-order valence-electron chi connectivity index (χ2n) is 14.6. The molecule has 2 aromatic carbocycles. The monoisotopic (exact) mass is 700 g/mol. The lowest BCUT2D eigenvalue weighted by Crippen LogP contribution is -2.58. The van der Waals surface area contributed by atoms with Crippen molar-refractivity contribution in [1.29, 1.82) is 0 Å². The number of nitrogens with zero attached hydrogens (tertiary/aromatic N) is 2. The Morgan fingerprint density at radius 3 is 2.27 bits per heavy atom. The molecule has 1 aliphatic carbocycles. The predicted octanol–water partition coefficient (Wildman–Crippen LogP) is 4.84. The van der Waals surface area contributed by atoms with Crippen LogP contribution in [-0.4, -0.2) is 92.3 Å². The maximum atomic E-state index is 14.2. The van der Waals surface area contributed by atoms with Gasteiger partial charge in [-0.3, -0.25) is 19.2 Å². The highest BCUT2D eigenvalue weighted by Gasteiger charge is 2.41. The fraction of sp³-hybridized carbons (Fsp3) is 0.556. The van der Waals surface area contributed by atoms with Gasteiger partial charge in [-0.25, -0.2) is 0 Å². The molecule has 0 saturated carbocycles. The van der Waals surface area contributed by atoms with Crippen molar-refractivity contribution < 1.29 is 28.7 Å². The van der Waals surface area contributed by atoms with E-state index in [1.54, 1.807) is 43.0 Å². The van der Waals surface area contributed by atoms with Crippen molar-refractivity contribution in [3.05, 3.63) is 70.2 Å². The van der Waals surface area contributed by atoms with Crippen LogP contribution in [0.1, 0.15) is 63.1 Å². The highest BCUT2D eigenvalue weighted by Crippen LogP contribution is 2.40. The van der Waals surface area contributed by atoms with Crippen molar-refractivity contribution in [2.75, 3.05) is 27.2 Å². The summed E-state index contributed by atoms with van der Waals surface area (Å²) in [7, 11) is 1.01. The smallest absolute Gasteiger partial charge is 0.304 e. The molecule has 264 valence electrons. The first-order valence-electron chi connectivity index (χ1n) is 16.6. The van der Waals surface area contributed by atoms with E-state index in [2.05, 4.69) is 39.2 Å². The molecule has 12 heteroatoms. The maximum Gasteiger partial charge on any atom is 0.304 e. The highest BCUT2D eigenvalue weighted by atomic mass is 35.5. The summed E-state index contributed by atoms with van der Waals surface area (Å²) in [4.78, 5) is 56.2. The second kappa shape index (κ2) is 16.4. The molecule has 0 spiro atoms. The number of fused-ring (bicyclic) bond motifs is 1. The lowest BCUT2D eigenvalue weighted by atomic mass is 9.84. The molecule has 10 nitrogen and oxygen atoms in total. The van der Waals surface area contributed by atoms with Gasteiger partial charge in [0.2, 0.25) is 17.7 Å². The molecule has 1 unspecified atom stereocenters. The van der Waals surface area contributed by atoms with Gasteiger partial charge in [0.15, 0.2) is 8.32 Å². The number of rotatable bonds is 15. The van der Waals surface area contributed by atoms with Gasteiger partial charge in [-0.1, -0.05) is 68.8 Å². The normalized spacial score (nSPS) is 17.1. The average molecular weight is 701 g/mol. The van der Waals surface area contributed by atoms with Crippen LogP contribution >= 0.6 is 11.6 Å². The van der Waals surface area contributed by atoms with E-state index in [0.29, 0.717) is 17.9 Å². The number of hydrogen-bond acceptors (Lipinski definition) is 6. The maximum absolute atomic E-state index is 14.2. The Morgan fingerprint density at radius 2 is 1.69 bits per heavy atom. The number of carboxylic acid groups (broad SMARTS) is 1. The van der Waals surface area contributed by atoms with Gasteiger partial charge in [-0.15, -0.1) is 0 Å². The Kier molecular flexibility index (Phi) is 13.4. The third-order valence-corrected chi connectivity index (χ3v) is 14.7. The van der Waals surface area contributed by atoms with Gasteiger partial charge in [0.25, 0.3) is 0 Å². The van der Waals surface area contributed by atoms with E-state index in [-0.39, 0.29) is 42.3 Å². The van der Waals surface area contributed by atoms with Crippen LogP contribution in [0.3, 0.4) is 0 Å². The number of carbonyl (C=O) groups is 4. The molecular weight excluding hydrogens is 648 g/mol. The number of benzene rings is 2. The number of halogens is 1. The summed E-state index contributed by atoms with van der Waals surface area (Å²) in [5, 5.41) is 13.1. The Labute approximate surface area is 291 Å². The third kappa shape index (κ3) is 10.1. The number of likely N-dealkylation sites (N-methyl/N-ethyl adjacent to an activating group) is 2. The van der Waals surface area contributed by atoms with Gasteiger partial charge in [0, 0.05) is 25.7 Å². The van der Waals surface area contributed by atoms with E-state index >= 15 is 0 Å². The Hall–Kier alpha value is -3.25. The van der Waals surface area contributed by atoms with Gasteiger partial charge < -0.3 is 30.4 Å². The summed E-state index contributed by atoms with van der Waals surface area (Å²) in [5.41, 5.74) is 8.91. The largest absolute Gasteiger partial charge is 0.481 e. The van der Waals surface area contributed by atoms with E-state index in [4.69, 9.17) is 21.8 Å². The van der Waals surface area contributed by atoms with Crippen LogP contribution in [0, 0.1) is 5.92 Å². The molecule has 0 fully saturated rings. The second-order valence-corrected chi connectivity index (χ2v) is 19.9. The van der Waals surface area contributed by atoms with Crippen LogP contribution in [0.25, 0.3) is 0 Å². The van der Waals surface area contributed by atoms with Crippen molar-refractivity contribution >= 4 is 43.6 Å². The summed E-state index contributed by atoms with van der Waals surface area (Å²) in [5.74, 6) is -3.16. The topological polar surface area (TPSA) is 142 Å². The molecule has 0 heterocycles. The van der Waals surface area contributed by atoms with Crippen molar-refractivity contribution in [3.63, 3.8) is 0 Å². The fourth-order valence-electron chi connectivity index (χ4n) is 5.92. The summed E-state index contributed by atoms with van der Waals surface area (Å²) < 4.78 is 6.39. The predicted molar refractivity (Wildman–Crippen MR) is 191 cm³/mol. The molecule has 4 N–H and O–H groups in total. The molecule has 48 heavy (non-hydrogen) atoms. The minimum Gasteiger partial charge on any atom is -0.481 e. The molecule has 3 rings (SSSR count). The third-order valence-electron chi connectivity index (χ3n) is 9.96. The first kappa shape index (κ1) is 39.2. The summed E-state index contributed by atoms with van der Waals surface area (Å²) in [6.07, 6.45) is 1.56. The SMILES string of the molecule is C[C@H](N)C(=O)N[C@@H](CO[Si](C)(C)C(C)(C)C)C(=O)N(C)C(Cc1ccc(Cl)cc1)CN(C)C(=O)[C@@H](CC(=O)O)[C@@H]1CCc2ccccc21. The van der Waals surface area contributed by atoms with Gasteiger partial charge in [0.1, 0.15) is 6.04 Å². The molecule has 2 aromatic rings. The molecule has 0 aliphatic heterocycles. The zero-order chi connectivity index (χ0) is 36.0. The zero-order valence-corrected chi connectivity index (χ0v) is 31.3. The lowest BCUT2D eigenvalue weighted by molar-refractivity contribution is -0.145. The molecular formula is C36H53ClN4O6Si. The van der Waals surface area contributed by atoms with Crippen LogP contribution in [0.5, 0.6) is 0 Å². The van der Waals surface area contributed by atoms with Gasteiger partial charge in [-0.2, -0.15) is 0 Å². The summed E-state index contributed by atoms with van der Waals surface area (Å²) in [6.45, 7) is 12.1. The van der Waals surface area contributed by atoms with Crippen molar-refractivity contribution in [2.45, 2.75) is 95.6 Å². The van der Waals surface area contributed by atoms with Gasteiger partial charge in [-0.05, 0) is 79.1 Å². The number of carbonyl (C=O) groups excluding carboxylic acids is 3. The summed E-state index contributed by atoms with van der Waals surface area (Å²) >= 11 is 6.15. The first-order chi connectivity index (χ1) is 22.3. The first-order valence-corrected chi connectivity index (χ1v) is 19.9. The molecule has 0 saturated heterocycles. The lowest BCUT2D eigenvalue weighted by Gasteiger charge is -2.39. The highest BCUT2D eigenvalue weighted by molar-refractivity contribution is 6.74. The van der Waals surface area contributed by atoms with Crippen molar-refractivity contribution in [2.24, 2.45) is 11.7 Å². The van der Waals surface area contributed by atoms with E-state index < -0.39 is 44.2 Å². The molecule has 0 radical (unpaired) electrons. The zero-order valence-electron chi connectivity index (χ0n) is 29.6. The number of aliphatic carboxylic acids is 1. The van der Waals surface area contributed by atoms with Crippen molar-refractivity contribution in [1.82, 2.24) is 15.1 Å². The van der Waals surface area contributed by atoms with Crippen LogP contribution in [0.15, 0.2) is 48.5 Å². The minimum absolute atomic E-state index is 0.0255. The van der Waals surface area contributed by atoms with Crippen LogP contribution in [-0.2, 0) is 36.4 Å². The number of amides is 3. The Balaban J connectivity index is 1.92. The minimum atomic E-state index is -2.29. The standard InChI is InChI=1S/C36H53ClN4O6Si/c1-23(38)33(44)39-31(22-47-48(7,8)36(2,3)4)35(46)41(6)27(19-24-13-16-26(37)17-14-24)21-40(5)34(45)30(20-32(42)43)29-18-15-25-11-9-10-12-28(25)29/h9-14,16-17,23,27,29-31H,15,18-22,38H2,1-8H3,(H,39,44)(H,42,43)/t23-,27?,29+,30-,31-/m0/s1.